The van der Waals surface area contributed by atoms with Gasteiger partial charge >= 0.3 is 5.95 Å². The van der Waals surface area contributed by atoms with Crippen molar-refractivity contribution in [3.8, 4) is 5.75 Å². The van der Waals surface area contributed by atoms with Crippen molar-refractivity contribution in [1.82, 2.24) is 4.57 Å². The maximum Gasteiger partial charge on any atom is 0.354 e. The fourth-order valence-electron chi connectivity index (χ4n) is 1.21. The molecule has 0 saturated carbocycles. The Kier molecular flexibility index (Phi) is 7.84. The molecule has 0 spiro atoms. The van der Waals surface area contributed by atoms with Crippen molar-refractivity contribution in [1.29, 1.82) is 0 Å². The first kappa shape index (κ1) is 16.8. The van der Waals surface area contributed by atoms with E-state index in [1.807, 2.05) is 61.6 Å². The largest absolute Gasteiger partial charge is 0.497 e. The second kappa shape index (κ2) is 8.85. The van der Waals surface area contributed by atoms with Crippen LogP contribution in [0, 0.1) is 0 Å². The molecule has 19 heavy (non-hydrogen) atoms. The Labute approximate surface area is 115 Å². The standard InChI is InChI=1S/C7H9NO.C5H9N3.C2H6/c1-9-7-4-2-6(8)3-5-7;1-7-3-4-8(2)5(7)6;1-2/h2-5H,8H2,1H3;3-4,6H,1-2H3;1-2H3/p+1. The van der Waals surface area contributed by atoms with Gasteiger partial charge in [-0.15, -0.1) is 0 Å². The average molecular weight is 265 g/mol. The number of ether oxygens (including phenoxy) is 1. The van der Waals surface area contributed by atoms with Crippen molar-refractivity contribution in [3.05, 3.63) is 36.7 Å². The molecule has 0 unspecified atom stereocenters. The Bertz CT molecular complexity index is 443. The zero-order chi connectivity index (χ0) is 14.8. The Morgan fingerprint density at radius 1 is 1.11 bits per heavy atom. The topological polar surface area (TPSA) is 70.1 Å². The third-order valence-electron chi connectivity index (χ3n) is 2.35. The molecule has 2 aromatic rings. The van der Waals surface area contributed by atoms with Crippen molar-refractivity contribution in [3.63, 3.8) is 0 Å². The van der Waals surface area contributed by atoms with E-state index in [0.717, 1.165) is 17.4 Å². The number of aromatic nitrogens is 2. The minimum Gasteiger partial charge on any atom is -0.497 e. The highest BCUT2D eigenvalue weighted by molar-refractivity contribution is 5.41. The lowest BCUT2D eigenvalue weighted by Crippen LogP contribution is -2.29. The summed E-state index contributed by atoms with van der Waals surface area (Å²) in [6.45, 7) is 4.00. The highest BCUT2D eigenvalue weighted by Crippen LogP contribution is 2.11. The molecule has 0 atom stereocenters. The molecular weight excluding hydrogens is 240 g/mol. The Morgan fingerprint density at radius 2 is 1.63 bits per heavy atom. The van der Waals surface area contributed by atoms with Crippen LogP contribution in [0.4, 0.5) is 11.6 Å². The van der Waals surface area contributed by atoms with Gasteiger partial charge in [0.2, 0.25) is 0 Å². The third-order valence-corrected chi connectivity index (χ3v) is 2.35. The molecule has 0 radical (unpaired) electrons. The van der Waals surface area contributed by atoms with Crippen molar-refractivity contribution in [2.45, 2.75) is 13.8 Å². The summed E-state index contributed by atoms with van der Waals surface area (Å²) in [6, 6.07) is 7.27. The smallest absolute Gasteiger partial charge is 0.354 e. The normalized spacial score (nSPS) is 8.68. The summed E-state index contributed by atoms with van der Waals surface area (Å²) in [6.07, 6.45) is 3.82. The van der Waals surface area contributed by atoms with Crippen LogP contribution in [-0.2, 0) is 14.1 Å². The van der Waals surface area contributed by atoms with E-state index >= 15 is 0 Å². The maximum absolute atomic E-state index is 5.53. The monoisotopic (exact) mass is 265 g/mol. The van der Waals surface area contributed by atoms with Gasteiger partial charge in [-0.3, -0.25) is 5.73 Å². The molecule has 5 nitrogen and oxygen atoms in total. The predicted octanol–water partition coefficient (Wildman–Crippen LogP) is 1.74. The molecule has 2 rings (SSSR count). The number of methoxy groups -OCH3 is 1. The lowest BCUT2D eigenvalue weighted by atomic mass is 10.3. The fraction of sp³-hybridized carbons (Fsp3) is 0.357. The summed E-state index contributed by atoms with van der Waals surface area (Å²) < 4.78 is 8.64. The minimum atomic E-state index is 0.760. The van der Waals surface area contributed by atoms with Crippen LogP contribution in [-0.4, -0.2) is 11.7 Å². The summed E-state index contributed by atoms with van der Waals surface area (Å²) in [5, 5.41) is 0. The van der Waals surface area contributed by atoms with Crippen LogP contribution in [0.1, 0.15) is 13.8 Å². The van der Waals surface area contributed by atoms with E-state index in [-0.39, 0.29) is 0 Å². The molecule has 0 fully saturated rings. The fourth-order valence-corrected chi connectivity index (χ4v) is 1.21. The SMILES string of the molecule is CC.COc1ccc(N)cc1.Cn1cc[n+](C)c1N. The second-order valence-electron chi connectivity index (χ2n) is 3.65. The summed E-state index contributed by atoms with van der Waals surface area (Å²) in [5.74, 6) is 1.61. The Hall–Kier alpha value is -2.17. The van der Waals surface area contributed by atoms with Gasteiger partial charge in [0.05, 0.1) is 33.6 Å². The van der Waals surface area contributed by atoms with E-state index in [0.29, 0.717) is 0 Å². The van der Waals surface area contributed by atoms with Crippen LogP contribution in [0.5, 0.6) is 5.75 Å². The number of nitrogens with zero attached hydrogens (tertiary/aromatic N) is 2. The van der Waals surface area contributed by atoms with Crippen LogP contribution < -0.4 is 20.8 Å². The van der Waals surface area contributed by atoms with E-state index in [1.165, 1.54) is 0 Å². The van der Waals surface area contributed by atoms with E-state index in [4.69, 9.17) is 16.2 Å². The number of hydrogen-bond donors (Lipinski definition) is 2. The minimum absolute atomic E-state index is 0.760. The van der Waals surface area contributed by atoms with Gasteiger partial charge in [0.25, 0.3) is 0 Å². The summed E-state index contributed by atoms with van der Waals surface area (Å²) in [4.78, 5) is 0. The van der Waals surface area contributed by atoms with Gasteiger partial charge in [0.1, 0.15) is 5.75 Å². The number of anilines is 2. The maximum atomic E-state index is 5.53. The van der Waals surface area contributed by atoms with Crippen LogP contribution in [0.3, 0.4) is 0 Å². The van der Waals surface area contributed by atoms with Crippen LogP contribution >= 0.6 is 0 Å². The quantitative estimate of drug-likeness (QED) is 0.609. The molecule has 5 heteroatoms. The second-order valence-corrected chi connectivity index (χ2v) is 3.65. The average Bonchev–Trinajstić information content (AvgIpc) is 2.74. The van der Waals surface area contributed by atoms with Gasteiger partial charge in [0, 0.05) is 5.69 Å². The van der Waals surface area contributed by atoms with Crippen molar-refractivity contribution < 1.29 is 9.30 Å². The van der Waals surface area contributed by atoms with Crippen molar-refractivity contribution in [2.75, 3.05) is 18.6 Å². The molecule has 1 aromatic heterocycles. The summed E-state index contributed by atoms with van der Waals surface area (Å²) >= 11 is 0. The summed E-state index contributed by atoms with van der Waals surface area (Å²) in [5.41, 5.74) is 11.7. The molecule has 0 aliphatic carbocycles. The number of hydrogen-bond acceptors (Lipinski definition) is 3. The number of aryl methyl sites for hydroxylation is 2. The summed E-state index contributed by atoms with van der Waals surface area (Å²) in [7, 11) is 5.45. The molecule has 1 aromatic carbocycles. The highest BCUT2D eigenvalue weighted by atomic mass is 16.5. The first-order valence-corrected chi connectivity index (χ1v) is 6.20. The van der Waals surface area contributed by atoms with Gasteiger partial charge < -0.3 is 10.5 Å². The molecular formula is C14H25N4O+. The van der Waals surface area contributed by atoms with Crippen LogP contribution in [0.15, 0.2) is 36.7 Å². The first-order valence-electron chi connectivity index (χ1n) is 6.20. The molecule has 0 aliphatic heterocycles. The molecule has 0 bridgehead atoms. The van der Waals surface area contributed by atoms with E-state index in [1.54, 1.807) is 19.2 Å². The Morgan fingerprint density at radius 3 is 1.89 bits per heavy atom. The van der Waals surface area contributed by atoms with E-state index in [2.05, 4.69) is 0 Å². The molecule has 0 saturated heterocycles. The highest BCUT2D eigenvalue weighted by Gasteiger charge is 2.00. The third kappa shape index (κ3) is 5.81. The molecule has 106 valence electrons. The number of nitrogen functional groups attached to an aromatic ring is 2. The van der Waals surface area contributed by atoms with E-state index < -0.39 is 0 Å². The van der Waals surface area contributed by atoms with Gasteiger partial charge in [-0.25, -0.2) is 9.13 Å². The predicted molar refractivity (Wildman–Crippen MR) is 79.8 cm³/mol. The lowest BCUT2D eigenvalue weighted by Gasteiger charge is -1.97. The Balaban J connectivity index is 0.000000303. The number of benzene rings is 1. The number of rotatable bonds is 1. The van der Waals surface area contributed by atoms with Crippen molar-refractivity contribution in [2.24, 2.45) is 14.1 Å². The molecule has 0 amide bonds. The van der Waals surface area contributed by atoms with Gasteiger partial charge in [-0.1, -0.05) is 13.8 Å². The number of imidazole rings is 1. The van der Waals surface area contributed by atoms with Crippen LogP contribution in [0.2, 0.25) is 0 Å². The van der Waals surface area contributed by atoms with Crippen LogP contribution in [0.25, 0.3) is 0 Å². The zero-order valence-electron chi connectivity index (χ0n) is 12.4. The lowest BCUT2D eigenvalue weighted by molar-refractivity contribution is -0.655. The first-order chi connectivity index (χ1) is 9.04. The van der Waals surface area contributed by atoms with Gasteiger partial charge in [-0.05, 0) is 24.3 Å². The van der Waals surface area contributed by atoms with Crippen molar-refractivity contribution >= 4 is 11.6 Å². The van der Waals surface area contributed by atoms with E-state index in [9.17, 15) is 0 Å². The van der Waals surface area contributed by atoms with Gasteiger partial charge in [0.15, 0.2) is 0 Å². The molecule has 4 N–H and O–H groups in total. The zero-order valence-corrected chi connectivity index (χ0v) is 12.4. The van der Waals surface area contributed by atoms with Gasteiger partial charge in [-0.2, -0.15) is 0 Å². The number of nitrogens with two attached hydrogens (primary N) is 2. The molecule has 0 aliphatic rings. The molecule has 1 heterocycles.